The molecule has 1 aliphatic heterocycles. The van der Waals surface area contributed by atoms with E-state index in [1.54, 1.807) is 6.07 Å². The van der Waals surface area contributed by atoms with Gasteiger partial charge in [0.25, 0.3) is 0 Å². The zero-order valence-corrected chi connectivity index (χ0v) is 17.2. The van der Waals surface area contributed by atoms with Gasteiger partial charge in [-0.25, -0.2) is 4.79 Å². The molecule has 1 heterocycles. The molecule has 0 aliphatic carbocycles. The Labute approximate surface area is 167 Å². The Morgan fingerprint density at radius 2 is 1.82 bits per heavy atom. The van der Waals surface area contributed by atoms with Crippen LogP contribution in [0.2, 0.25) is 0 Å². The van der Waals surface area contributed by atoms with Crippen LogP contribution in [-0.4, -0.2) is 17.3 Å². The van der Waals surface area contributed by atoms with Crippen LogP contribution in [0.3, 0.4) is 0 Å². The molecule has 2 aromatic carbocycles. The number of rotatable bonds is 5. The van der Waals surface area contributed by atoms with E-state index >= 15 is 0 Å². The first kappa shape index (κ1) is 20.1. The quantitative estimate of drug-likeness (QED) is 0.688. The minimum absolute atomic E-state index is 0.169. The van der Waals surface area contributed by atoms with Gasteiger partial charge in [0.2, 0.25) is 0 Å². The monoisotopic (exact) mass is 375 g/mol. The highest BCUT2D eigenvalue weighted by molar-refractivity contribution is 5.89. The van der Waals surface area contributed by atoms with Gasteiger partial charge in [0.15, 0.2) is 0 Å². The molecule has 3 rings (SSSR count). The summed E-state index contributed by atoms with van der Waals surface area (Å²) in [5.41, 5.74) is 8.52. The van der Waals surface area contributed by atoms with Crippen molar-refractivity contribution in [1.82, 2.24) is 0 Å². The molecule has 3 nitrogen and oxygen atoms in total. The number of allylic oxidation sites excluding steroid dienone is 2. The molecule has 1 unspecified atom stereocenters. The maximum absolute atomic E-state index is 11.5. The van der Waals surface area contributed by atoms with Gasteiger partial charge in [0, 0.05) is 17.8 Å². The molecule has 0 bridgehead atoms. The van der Waals surface area contributed by atoms with Crippen LogP contribution in [0.25, 0.3) is 0 Å². The van der Waals surface area contributed by atoms with Crippen LogP contribution in [0.4, 0.5) is 0 Å². The van der Waals surface area contributed by atoms with Crippen molar-refractivity contribution in [1.29, 1.82) is 0 Å². The summed E-state index contributed by atoms with van der Waals surface area (Å²) in [5, 5.41) is 9.41. The number of carboxylic acids is 1. The molecule has 1 atom stereocenters. The molecule has 146 valence electrons. The fourth-order valence-corrected chi connectivity index (χ4v) is 3.99. The Kier molecular flexibility index (Phi) is 6.13. The SMILES string of the molecule is Cc1cccc(C(Cc2ccc(C(=O)O)c(C)c2C)C2=CCCCC=N2)c1C. The molecule has 0 aromatic heterocycles. The molecule has 2 aromatic rings. The summed E-state index contributed by atoms with van der Waals surface area (Å²) in [5.74, 6) is -0.697. The summed E-state index contributed by atoms with van der Waals surface area (Å²) in [6.45, 7) is 8.27. The first-order valence-corrected chi connectivity index (χ1v) is 10.0. The number of aryl methyl sites for hydroxylation is 1. The van der Waals surface area contributed by atoms with Gasteiger partial charge in [-0.05, 0) is 92.8 Å². The first-order valence-electron chi connectivity index (χ1n) is 10.0. The van der Waals surface area contributed by atoms with Gasteiger partial charge < -0.3 is 5.11 Å². The Morgan fingerprint density at radius 1 is 1.04 bits per heavy atom. The van der Waals surface area contributed by atoms with E-state index in [1.807, 2.05) is 26.1 Å². The lowest BCUT2D eigenvalue weighted by Crippen LogP contribution is -2.11. The zero-order chi connectivity index (χ0) is 20.3. The summed E-state index contributed by atoms with van der Waals surface area (Å²) in [6, 6.07) is 10.2. The van der Waals surface area contributed by atoms with Crippen LogP contribution < -0.4 is 0 Å². The lowest BCUT2D eigenvalue weighted by atomic mass is 9.83. The molecule has 0 fully saturated rings. The lowest BCUT2D eigenvalue weighted by molar-refractivity contribution is 0.0696. The number of carbonyl (C=O) groups is 1. The third-order valence-electron chi connectivity index (χ3n) is 6.06. The highest BCUT2D eigenvalue weighted by atomic mass is 16.4. The van der Waals surface area contributed by atoms with Gasteiger partial charge in [-0.2, -0.15) is 0 Å². The second-order valence-corrected chi connectivity index (χ2v) is 7.74. The van der Waals surface area contributed by atoms with Crippen LogP contribution in [-0.2, 0) is 6.42 Å². The molecule has 0 amide bonds. The minimum Gasteiger partial charge on any atom is -0.478 e. The van der Waals surface area contributed by atoms with E-state index in [0.29, 0.717) is 5.56 Å². The van der Waals surface area contributed by atoms with Crippen LogP contribution >= 0.6 is 0 Å². The number of hydrogen-bond acceptors (Lipinski definition) is 2. The lowest BCUT2D eigenvalue weighted by Gasteiger charge is -2.23. The van der Waals surface area contributed by atoms with Gasteiger partial charge in [-0.1, -0.05) is 30.3 Å². The van der Waals surface area contributed by atoms with Crippen LogP contribution in [0.5, 0.6) is 0 Å². The molecule has 3 heteroatoms. The Bertz CT molecular complexity index is 953. The molecule has 0 spiro atoms. The van der Waals surface area contributed by atoms with Crippen molar-refractivity contribution in [3.63, 3.8) is 0 Å². The number of aliphatic imine (C=N–C) groups is 1. The number of nitrogens with zero attached hydrogens (tertiary/aromatic N) is 1. The van der Waals surface area contributed by atoms with E-state index < -0.39 is 5.97 Å². The predicted octanol–water partition coefficient (Wildman–Crippen LogP) is 6.08. The molecule has 1 N–H and O–H groups in total. The van der Waals surface area contributed by atoms with Crippen molar-refractivity contribution >= 4 is 12.2 Å². The smallest absolute Gasteiger partial charge is 0.335 e. The van der Waals surface area contributed by atoms with Crippen molar-refractivity contribution in [3.8, 4) is 0 Å². The molecular weight excluding hydrogens is 346 g/mol. The Balaban J connectivity index is 2.08. The van der Waals surface area contributed by atoms with Crippen LogP contribution in [0.15, 0.2) is 47.1 Å². The Hall–Kier alpha value is -2.68. The van der Waals surface area contributed by atoms with E-state index in [-0.39, 0.29) is 5.92 Å². The minimum atomic E-state index is -0.866. The topological polar surface area (TPSA) is 49.7 Å². The fraction of sp³-hybridized carbons (Fsp3) is 0.360. The van der Waals surface area contributed by atoms with E-state index in [9.17, 15) is 9.90 Å². The van der Waals surface area contributed by atoms with Crippen molar-refractivity contribution in [3.05, 3.63) is 81.0 Å². The summed E-state index contributed by atoms with van der Waals surface area (Å²) < 4.78 is 0. The van der Waals surface area contributed by atoms with Crippen molar-refractivity contribution < 1.29 is 9.90 Å². The molecule has 1 aliphatic rings. The summed E-state index contributed by atoms with van der Waals surface area (Å²) in [6.07, 6.45) is 8.35. The van der Waals surface area contributed by atoms with Crippen LogP contribution in [0.1, 0.15) is 68.9 Å². The molecule has 0 radical (unpaired) electrons. The third kappa shape index (κ3) is 4.09. The predicted molar refractivity (Wildman–Crippen MR) is 116 cm³/mol. The highest BCUT2D eigenvalue weighted by Gasteiger charge is 2.22. The van der Waals surface area contributed by atoms with Crippen LogP contribution in [0, 0.1) is 27.7 Å². The summed E-state index contributed by atoms with van der Waals surface area (Å²) >= 11 is 0. The second kappa shape index (κ2) is 8.55. The molecule has 0 saturated heterocycles. The fourth-order valence-electron chi connectivity index (χ4n) is 3.99. The molecule has 0 saturated carbocycles. The number of carboxylic acid groups (broad SMARTS) is 1. The maximum Gasteiger partial charge on any atom is 0.335 e. The Morgan fingerprint density at radius 3 is 2.57 bits per heavy atom. The average Bonchev–Trinajstić information content (AvgIpc) is 2.94. The number of hydrogen-bond donors (Lipinski definition) is 1. The van der Waals surface area contributed by atoms with Crippen molar-refractivity contribution in [2.75, 3.05) is 0 Å². The van der Waals surface area contributed by atoms with E-state index in [2.05, 4.69) is 38.1 Å². The maximum atomic E-state index is 11.5. The standard InChI is InChI=1S/C25H29NO2/c1-16-9-8-10-21(17(16)2)23(24-11-6-5-7-14-26-24)15-20-12-13-22(25(27)28)19(4)18(20)3/h8-14,23H,5-7,15H2,1-4H3,(H,27,28). The largest absolute Gasteiger partial charge is 0.478 e. The zero-order valence-electron chi connectivity index (χ0n) is 17.2. The van der Waals surface area contributed by atoms with E-state index in [1.165, 1.54) is 22.3 Å². The highest BCUT2D eigenvalue weighted by Crippen LogP contribution is 2.35. The average molecular weight is 376 g/mol. The third-order valence-corrected chi connectivity index (χ3v) is 6.06. The number of benzene rings is 2. The van der Waals surface area contributed by atoms with Gasteiger partial charge in [0.1, 0.15) is 0 Å². The second-order valence-electron chi connectivity index (χ2n) is 7.74. The van der Waals surface area contributed by atoms with Gasteiger partial charge >= 0.3 is 5.97 Å². The van der Waals surface area contributed by atoms with E-state index in [4.69, 9.17) is 4.99 Å². The molecule has 28 heavy (non-hydrogen) atoms. The van der Waals surface area contributed by atoms with Gasteiger partial charge in [-0.15, -0.1) is 0 Å². The van der Waals surface area contributed by atoms with Gasteiger partial charge in [0.05, 0.1) is 5.56 Å². The van der Waals surface area contributed by atoms with Crippen molar-refractivity contribution in [2.45, 2.75) is 59.3 Å². The summed E-state index contributed by atoms with van der Waals surface area (Å²) in [7, 11) is 0. The first-order chi connectivity index (χ1) is 13.4. The number of aromatic carboxylic acids is 1. The molecular formula is C25H29NO2. The normalized spacial score (nSPS) is 15.1. The van der Waals surface area contributed by atoms with Gasteiger partial charge in [-0.3, -0.25) is 4.99 Å². The summed E-state index contributed by atoms with van der Waals surface area (Å²) in [4.78, 5) is 16.3. The van der Waals surface area contributed by atoms with E-state index in [0.717, 1.165) is 42.5 Å². The van der Waals surface area contributed by atoms with Crippen molar-refractivity contribution in [2.24, 2.45) is 4.99 Å².